The third kappa shape index (κ3) is 14.7. The Bertz CT molecular complexity index is 268. The van der Waals surface area contributed by atoms with Gasteiger partial charge in [-0.3, -0.25) is 4.79 Å². The van der Waals surface area contributed by atoms with E-state index in [9.17, 15) is 15.0 Å². The molecular formula is C19H38O4. The molecule has 4 nitrogen and oxygen atoms in total. The SMILES string of the molecule is CCCCCCCCC(O)C(O)CCCCCCCC(=O)OC. The van der Waals surface area contributed by atoms with E-state index in [1.165, 1.54) is 32.8 Å². The summed E-state index contributed by atoms with van der Waals surface area (Å²) in [5.41, 5.74) is 0. The Hall–Kier alpha value is -0.610. The molecule has 0 aliphatic heterocycles. The van der Waals surface area contributed by atoms with Crippen molar-refractivity contribution < 1.29 is 19.7 Å². The highest BCUT2D eigenvalue weighted by molar-refractivity contribution is 5.68. The topological polar surface area (TPSA) is 66.8 Å². The van der Waals surface area contributed by atoms with Gasteiger partial charge in [0.15, 0.2) is 0 Å². The summed E-state index contributed by atoms with van der Waals surface area (Å²) in [6, 6.07) is 0. The van der Waals surface area contributed by atoms with Crippen LogP contribution in [0.2, 0.25) is 0 Å². The van der Waals surface area contributed by atoms with Crippen LogP contribution >= 0.6 is 0 Å². The molecule has 0 bridgehead atoms. The molecule has 0 aromatic carbocycles. The maximum Gasteiger partial charge on any atom is 0.305 e. The third-order valence-corrected chi connectivity index (χ3v) is 4.41. The summed E-state index contributed by atoms with van der Waals surface area (Å²) in [5, 5.41) is 19.9. The van der Waals surface area contributed by atoms with Crippen LogP contribution in [0.25, 0.3) is 0 Å². The van der Waals surface area contributed by atoms with Gasteiger partial charge in [-0.15, -0.1) is 0 Å². The number of rotatable bonds is 16. The van der Waals surface area contributed by atoms with Gasteiger partial charge < -0.3 is 14.9 Å². The average molecular weight is 331 g/mol. The number of unbranched alkanes of at least 4 members (excludes halogenated alkanes) is 9. The molecule has 2 unspecified atom stereocenters. The third-order valence-electron chi connectivity index (χ3n) is 4.41. The Balaban J connectivity index is 3.40. The summed E-state index contributed by atoms with van der Waals surface area (Å²) in [6.07, 6.45) is 12.9. The number of aliphatic hydroxyl groups is 2. The van der Waals surface area contributed by atoms with Crippen molar-refractivity contribution in [2.24, 2.45) is 0 Å². The maximum absolute atomic E-state index is 10.9. The van der Waals surface area contributed by atoms with Gasteiger partial charge in [0.2, 0.25) is 0 Å². The molecule has 0 spiro atoms. The molecule has 0 amide bonds. The lowest BCUT2D eigenvalue weighted by Crippen LogP contribution is -2.25. The number of aliphatic hydroxyl groups excluding tert-OH is 2. The minimum absolute atomic E-state index is 0.141. The van der Waals surface area contributed by atoms with E-state index in [-0.39, 0.29) is 5.97 Å². The van der Waals surface area contributed by atoms with Crippen molar-refractivity contribution in [1.29, 1.82) is 0 Å². The van der Waals surface area contributed by atoms with Crippen LogP contribution in [0.5, 0.6) is 0 Å². The van der Waals surface area contributed by atoms with Crippen LogP contribution in [0.4, 0.5) is 0 Å². The molecule has 0 radical (unpaired) electrons. The van der Waals surface area contributed by atoms with Gasteiger partial charge in [-0.1, -0.05) is 71.1 Å². The van der Waals surface area contributed by atoms with Gasteiger partial charge in [-0.05, 0) is 19.3 Å². The molecule has 23 heavy (non-hydrogen) atoms. The van der Waals surface area contributed by atoms with Crippen molar-refractivity contribution in [3.05, 3.63) is 0 Å². The summed E-state index contributed by atoms with van der Waals surface area (Å²) in [6.45, 7) is 2.21. The lowest BCUT2D eigenvalue weighted by molar-refractivity contribution is -0.140. The smallest absolute Gasteiger partial charge is 0.305 e. The first-order valence-corrected chi connectivity index (χ1v) is 9.54. The molecule has 0 heterocycles. The number of esters is 1. The molecular weight excluding hydrogens is 292 g/mol. The zero-order valence-electron chi connectivity index (χ0n) is 15.3. The van der Waals surface area contributed by atoms with Crippen LogP contribution in [0.3, 0.4) is 0 Å². The van der Waals surface area contributed by atoms with Crippen LogP contribution in [0.1, 0.15) is 96.8 Å². The summed E-state index contributed by atoms with van der Waals surface area (Å²) in [5.74, 6) is -0.141. The predicted octanol–water partition coefficient (Wildman–Crippen LogP) is 4.36. The van der Waals surface area contributed by atoms with Crippen LogP contribution in [-0.4, -0.2) is 35.5 Å². The number of hydrogen-bond donors (Lipinski definition) is 2. The molecule has 4 heteroatoms. The van der Waals surface area contributed by atoms with Crippen LogP contribution in [0, 0.1) is 0 Å². The van der Waals surface area contributed by atoms with Gasteiger partial charge in [-0.25, -0.2) is 0 Å². The lowest BCUT2D eigenvalue weighted by atomic mass is 9.99. The monoisotopic (exact) mass is 330 g/mol. The van der Waals surface area contributed by atoms with Crippen LogP contribution in [0.15, 0.2) is 0 Å². The van der Waals surface area contributed by atoms with Gasteiger partial charge in [0.1, 0.15) is 0 Å². The van der Waals surface area contributed by atoms with E-state index in [1.807, 2.05) is 0 Å². The Labute approximate surface area is 142 Å². The Morgan fingerprint density at radius 1 is 0.783 bits per heavy atom. The average Bonchev–Trinajstić information content (AvgIpc) is 2.56. The van der Waals surface area contributed by atoms with E-state index in [0.717, 1.165) is 44.9 Å². The lowest BCUT2D eigenvalue weighted by Gasteiger charge is -2.17. The van der Waals surface area contributed by atoms with E-state index >= 15 is 0 Å². The van der Waals surface area contributed by atoms with Crippen LogP contribution < -0.4 is 0 Å². The highest BCUT2D eigenvalue weighted by Crippen LogP contribution is 2.15. The van der Waals surface area contributed by atoms with E-state index in [4.69, 9.17) is 0 Å². The molecule has 0 saturated carbocycles. The first-order chi connectivity index (χ1) is 11.1. The summed E-state index contributed by atoms with van der Waals surface area (Å²) in [4.78, 5) is 10.9. The minimum atomic E-state index is -0.583. The van der Waals surface area contributed by atoms with Crippen molar-refractivity contribution >= 4 is 5.97 Å². The predicted molar refractivity (Wildman–Crippen MR) is 94.3 cm³/mol. The highest BCUT2D eigenvalue weighted by Gasteiger charge is 2.15. The molecule has 0 aromatic heterocycles. The Morgan fingerprint density at radius 2 is 1.22 bits per heavy atom. The maximum atomic E-state index is 10.9. The highest BCUT2D eigenvalue weighted by atomic mass is 16.5. The molecule has 0 aliphatic rings. The van der Waals surface area contributed by atoms with E-state index in [1.54, 1.807) is 0 Å². The molecule has 0 aliphatic carbocycles. The van der Waals surface area contributed by atoms with E-state index < -0.39 is 12.2 Å². The van der Waals surface area contributed by atoms with Gasteiger partial charge >= 0.3 is 5.97 Å². The second-order valence-corrected chi connectivity index (χ2v) is 6.57. The molecule has 2 atom stereocenters. The number of ether oxygens (including phenoxy) is 1. The normalized spacial score (nSPS) is 13.7. The standard InChI is InChI=1S/C19H38O4/c1-3-4-5-6-8-11-14-17(20)18(21)15-12-9-7-10-13-16-19(22)23-2/h17-18,20-21H,3-16H2,1-2H3. The zero-order chi connectivity index (χ0) is 17.3. The number of hydrogen-bond acceptors (Lipinski definition) is 4. The Kier molecular flexibility index (Phi) is 15.8. The van der Waals surface area contributed by atoms with Gasteiger partial charge in [0, 0.05) is 6.42 Å². The van der Waals surface area contributed by atoms with Crippen molar-refractivity contribution in [3.63, 3.8) is 0 Å². The van der Waals surface area contributed by atoms with E-state index in [0.29, 0.717) is 19.3 Å². The van der Waals surface area contributed by atoms with E-state index in [2.05, 4.69) is 11.7 Å². The second-order valence-electron chi connectivity index (χ2n) is 6.57. The van der Waals surface area contributed by atoms with Gasteiger partial charge in [0.05, 0.1) is 19.3 Å². The zero-order valence-corrected chi connectivity index (χ0v) is 15.3. The molecule has 2 N–H and O–H groups in total. The first-order valence-electron chi connectivity index (χ1n) is 9.54. The largest absolute Gasteiger partial charge is 0.469 e. The van der Waals surface area contributed by atoms with Crippen molar-refractivity contribution in [2.75, 3.05) is 7.11 Å². The summed E-state index contributed by atoms with van der Waals surface area (Å²) in [7, 11) is 1.42. The molecule has 0 aromatic rings. The molecule has 0 rings (SSSR count). The fourth-order valence-electron chi connectivity index (χ4n) is 2.77. The van der Waals surface area contributed by atoms with Gasteiger partial charge in [0.25, 0.3) is 0 Å². The number of carbonyl (C=O) groups is 1. The first kappa shape index (κ1) is 22.4. The quantitative estimate of drug-likeness (QED) is 0.326. The van der Waals surface area contributed by atoms with Gasteiger partial charge in [-0.2, -0.15) is 0 Å². The summed E-state index contributed by atoms with van der Waals surface area (Å²) >= 11 is 0. The molecule has 0 saturated heterocycles. The van der Waals surface area contributed by atoms with Crippen molar-refractivity contribution in [3.8, 4) is 0 Å². The van der Waals surface area contributed by atoms with Crippen molar-refractivity contribution in [1.82, 2.24) is 0 Å². The minimum Gasteiger partial charge on any atom is -0.469 e. The fourth-order valence-corrected chi connectivity index (χ4v) is 2.77. The Morgan fingerprint density at radius 3 is 1.70 bits per heavy atom. The second kappa shape index (κ2) is 16.3. The fraction of sp³-hybridized carbons (Fsp3) is 0.947. The van der Waals surface area contributed by atoms with Crippen LogP contribution in [-0.2, 0) is 9.53 Å². The summed E-state index contributed by atoms with van der Waals surface area (Å²) < 4.78 is 4.60. The number of methoxy groups -OCH3 is 1. The number of carbonyl (C=O) groups excluding carboxylic acids is 1. The molecule has 138 valence electrons. The molecule has 0 fully saturated rings. The van der Waals surface area contributed by atoms with Crippen molar-refractivity contribution in [2.45, 2.75) is 109 Å².